The zero-order valence-electron chi connectivity index (χ0n) is 4.81. The zero-order chi connectivity index (χ0) is 5.86. The van der Waals surface area contributed by atoms with Crippen LogP contribution in [0.15, 0.2) is 0 Å². The van der Waals surface area contributed by atoms with Gasteiger partial charge in [-0.3, -0.25) is 9.59 Å². The van der Waals surface area contributed by atoms with Crippen LogP contribution in [0.1, 0.15) is 20.3 Å². The largest absolute Gasteiger partial charge is 0.291 e. The molecule has 0 amide bonds. The molecule has 0 aliphatic rings. The van der Waals surface area contributed by atoms with Gasteiger partial charge < -0.3 is 0 Å². The maximum absolute atomic E-state index is 10.2. The van der Waals surface area contributed by atoms with E-state index in [0.717, 1.165) is 0 Å². The first-order chi connectivity index (χ1) is 3.18. The van der Waals surface area contributed by atoms with Crippen LogP contribution in [0, 0.1) is 37.3 Å². The minimum atomic E-state index is -0.345. The molecule has 0 saturated heterocycles. The van der Waals surface area contributed by atoms with Crippen LogP contribution in [-0.2, 0) is 9.59 Å². The molecule has 0 spiro atoms. The van der Waals surface area contributed by atoms with Gasteiger partial charge >= 0.3 is 0 Å². The molecule has 0 fully saturated rings. The Morgan fingerprint density at radius 3 is 1.75 bits per heavy atom. The molecule has 52 valence electrons. The Bertz CT molecular complexity index is 98.6. The number of rotatable bonds is 2. The van der Waals surface area contributed by atoms with Crippen LogP contribution >= 0.6 is 0 Å². The summed E-state index contributed by atoms with van der Waals surface area (Å²) in [6.45, 7) is 2.95. The van der Waals surface area contributed by atoms with Gasteiger partial charge in [0.05, 0.1) is 0 Å². The summed E-state index contributed by atoms with van der Waals surface area (Å²) in [6.07, 6.45) is 0.329. The topological polar surface area (TPSA) is 34.1 Å². The van der Waals surface area contributed by atoms with Crippen LogP contribution in [0.3, 0.4) is 0 Å². The molecular formula is C5H8ErO2. The van der Waals surface area contributed by atoms with Crippen molar-refractivity contribution >= 4 is 11.6 Å². The smallest absolute Gasteiger partial charge is 0.197 e. The molecule has 0 aromatic rings. The van der Waals surface area contributed by atoms with E-state index < -0.39 is 0 Å². The molecule has 0 heterocycles. The van der Waals surface area contributed by atoms with E-state index in [1.807, 2.05) is 0 Å². The average molecular weight is 267 g/mol. The number of hydrogen-bond donors (Lipinski definition) is 0. The standard InChI is InChI=1S/C5H8O2.Er/c1-3-5(7)4(2)6;/h3H2,1-2H3;. The van der Waals surface area contributed by atoms with E-state index in [4.69, 9.17) is 0 Å². The molecule has 0 aliphatic carbocycles. The second-order valence-electron chi connectivity index (χ2n) is 1.33. The molecule has 0 aromatic heterocycles. The Morgan fingerprint density at radius 1 is 1.38 bits per heavy atom. The van der Waals surface area contributed by atoms with Crippen LogP contribution in [0.5, 0.6) is 0 Å². The van der Waals surface area contributed by atoms with Crippen LogP contribution in [-0.4, -0.2) is 11.6 Å². The van der Waals surface area contributed by atoms with Gasteiger partial charge in [-0.25, -0.2) is 0 Å². The zero-order valence-corrected chi connectivity index (χ0v) is 6.66. The normalized spacial score (nSPS) is 7.25. The molecule has 0 rings (SSSR count). The molecule has 0 bridgehead atoms. The fourth-order valence-corrected chi connectivity index (χ4v) is 0.249. The van der Waals surface area contributed by atoms with E-state index in [1.54, 1.807) is 6.92 Å². The van der Waals surface area contributed by atoms with Gasteiger partial charge in [-0.2, -0.15) is 0 Å². The molecule has 2 nitrogen and oxygen atoms in total. The third-order valence-electron chi connectivity index (χ3n) is 0.714. The number of carbonyl (C=O) groups excluding carboxylic acids is 2. The maximum Gasteiger partial charge on any atom is 0.197 e. The number of hydrogen-bond acceptors (Lipinski definition) is 2. The van der Waals surface area contributed by atoms with Crippen molar-refractivity contribution in [2.45, 2.75) is 20.3 Å². The first-order valence-corrected chi connectivity index (χ1v) is 2.22. The van der Waals surface area contributed by atoms with Gasteiger partial charge in [-0.05, 0) is 0 Å². The number of ketones is 2. The van der Waals surface area contributed by atoms with E-state index in [0.29, 0.717) is 6.42 Å². The second-order valence-corrected chi connectivity index (χ2v) is 1.33. The summed E-state index contributed by atoms with van der Waals surface area (Å²) in [5, 5.41) is 0. The van der Waals surface area contributed by atoms with Crippen molar-refractivity contribution in [1.82, 2.24) is 0 Å². The van der Waals surface area contributed by atoms with Gasteiger partial charge in [-0.1, -0.05) is 6.92 Å². The summed E-state index contributed by atoms with van der Waals surface area (Å²) in [7, 11) is 0. The third kappa shape index (κ3) is 4.74. The van der Waals surface area contributed by atoms with Crippen LogP contribution in [0.2, 0.25) is 0 Å². The van der Waals surface area contributed by atoms with Gasteiger partial charge in [0.25, 0.3) is 0 Å². The Balaban J connectivity index is 0. The van der Waals surface area contributed by atoms with Gasteiger partial charge in [0.2, 0.25) is 0 Å². The van der Waals surface area contributed by atoms with E-state index >= 15 is 0 Å². The van der Waals surface area contributed by atoms with E-state index in [9.17, 15) is 9.59 Å². The van der Waals surface area contributed by atoms with Crippen LogP contribution < -0.4 is 0 Å². The summed E-state index contributed by atoms with van der Waals surface area (Å²) in [5.41, 5.74) is 0. The van der Waals surface area contributed by atoms with Gasteiger partial charge in [0.1, 0.15) is 0 Å². The fourth-order valence-electron chi connectivity index (χ4n) is 0.249. The van der Waals surface area contributed by atoms with Gasteiger partial charge in [-0.15, -0.1) is 0 Å². The molecule has 0 atom stereocenters. The first kappa shape index (κ1) is 11.4. The summed E-state index contributed by atoms with van der Waals surface area (Å²) >= 11 is 0. The summed E-state index contributed by atoms with van der Waals surface area (Å²) in [6, 6.07) is 0. The fraction of sp³-hybridized carbons (Fsp3) is 0.600. The molecule has 8 heavy (non-hydrogen) atoms. The summed E-state index contributed by atoms with van der Waals surface area (Å²) in [4.78, 5) is 20.2. The number of carbonyl (C=O) groups is 2. The predicted molar refractivity (Wildman–Crippen MR) is 26.0 cm³/mol. The minimum absolute atomic E-state index is 0. The van der Waals surface area contributed by atoms with Crippen molar-refractivity contribution < 1.29 is 46.9 Å². The Labute approximate surface area is 78.2 Å². The Hall–Kier alpha value is 0.587. The molecule has 0 aromatic carbocycles. The van der Waals surface area contributed by atoms with E-state index in [2.05, 4.69) is 0 Å². The third-order valence-corrected chi connectivity index (χ3v) is 0.714. The van der Waals surface area contributed by atoms with Gasteiger partial charge in [0, 0.05) is 50.6 Å². The quantitative estimate of drug-likeness (QED) is 0.685. The van der Waals surface area contributed by atoms with Gasteiger partial charge in [0.15, 0.2) is 11.6 Å². The van der Waals surface area contributed by atoms with Crippen molar-refractivity contribution in [2.75, 3.05) is 0 Å². The first-order valence-electron chi connectivity index (χ1n) is 2.22. The number of Topliss-reactive ketones (excluding diaryl/α,β-unsaturated/α-hetero) is 2. The Kier molecular flexibility index (Phi) is 8.14. The van der Waals surface area contributed by atoms with Crippen LogP contribution in [0.4, 0.5) is 0 Å². The molecule has 0 N–H and O–H groups in total. The molecule has 0 radical (unpaired) electrons. The summed E-state index contributed by atoms with van der Waals surface area (Å²) in [5.74, 6) is -0.637. The maximum atomic E-state index is 10.2. The van der Waals surface area contributed by atoms with E-state index in [1.165, 1.54) is 6.92 Å². The second kappa shape index (κ2) is 5.72. The van der Waals surface area contributed by atoms with E-state index in [-0.39, 0.29) is 48.9 Å². The van der Waals surface area contributed by atoms with Crippen LogP contribution in [0.25, 0.3) is 0 Å². The Morgan fingerprint density at radius 2 is 1.75 bits per heavy atom. The van der Waals surface area contributed by atoms with Crippen molar-refractivity contribution in [3.8, 4) is 0 Å². The molecule has 0 unspecified atom stereocenters. The van der Waals surface area contributed by atoms with Crippen molar-refractivity contribution in [3.05, 3.63) is 0 Å². The van der Waals surface area contributed by atoms with Crippen molar-refractivity contribution in [2.24, 2.45) is 0 Å². The molecular weight excluding hydrogens is 259 g/mol. The molecule has 3 heteroatoms. The summed E-state index contributed by atoms with van der Waals surface area (Å²) < 4.78 is 0. The predicted octanol–water partition coefficient (Wildman–Crippen LogP) is 0.554. The average Bonchev–Trinajstić information content (AvgIpc) is 1.65. The molecule has 0 aliphatic heterocycles. The van der Waals surface area contributed by atoms with Crippen molar-refractivity contribution in [1.29, 1.82) is 0 Å². The minimum Gasteiger partial charge on any atom is -0.291 e. The monoisotopic (exact) mass is 266 g/mol. The SMILES string of the molecule is CCC(=O)C(C)=O.[Er]. The van der Waals surface area contributed by atoms with Crippen molar-refractivity contribution in [3.63, 3.8) is 0 Å². The molecule has 0 saturated carbocycles.